The highest BCUT2D eigenvalue weighted by atomic mass is 35.5. The van der Waals surface area contributed by atoms with Crippen molar-refractivity contribution in [2.45, 2.75) is 6.42 Å². The SMILES string of the molecule is CN(C)/N=N/c1[nH]cnc1C(N)=O.COc1cc2ncnc(Nc3ccc(F)c(Cl)c3)c2cc1OCCCN1CCOCC1. The van der Waals surface area contributed by atoms with E-state index in [9.17, 15) is 9.18 Å². The number of aromatic nitrogens is 4. The molecule has 3 heterocycles. The van der Waals surface area contributed by atoms with Gasteiger partial charge >= 0.3 is 0 Å². The first-order chi connectivity index (χ1) is 21.2. The van der Waals surface area contributed by atoms with E-state index in [2.05, 4.69) is 40.5 Å². The number of anilines is 2. The zero-order valence-corrected chi connectivity index (χ0v) is 25.3. The molecule has 16 heteroatoms. The second kappa shape index (κ2) is 15.7. The lowest BCUT2D eigenvalue weighted by molar-refractivity contribution is 0.0357. The number of ether oxygens (including phenoxy) is 3. The largest absolute Gasteiger partial charge is 0.493 e. The van der Waals surface area contributed by atoms with Gasteiger partial charge in [-0.1, -0.05) is 16.8 Å². The first-order valence-electron chi connectivity index (χ1n) is 13.6. The number of primary amides is 1. The number of carbonyl (C=O) groups is 1. The van der Waals surface area contributed by atoms with E-state index in [0.29, 0.717) is 35.1 Å². The molecule has 1 amide bonds. The highest BCUT2D eigenvalue weighted by Crippen LogP contribution is 2.35. The molecule has 0 radical (unpaired) electrons. The van der Waals surface area contributed by atoms with Crippen molar-refractivity contribution in [2.75, 3.05) is 66.0 Å². The van der Waals surface area contributed by atoms with Gasteiger partial charge in [0.25, 0.3) is 5.91 Å². The Kier molecular flexibility index (Phi) is 11.6. The van der Waals surface area contributed by atoms with Gasteiger partial charge in [0, 0.05) is 50.9 Å². The number of morpholine rings is 1. The van der Waals surface area contributed by atoms with Crippen molar-refractivity contribution < 1.29 is 23.4 Å². The van der Waals surface area contributed by atoms with Crippen LogP contribution in [0.5, 0.6) is 11.5 Å². The summed E-state index contributed by atoms with van der Waals surface area (Å²) in [6.45, 7) is 5.00. The quantitative estimate of drug-likeness (QED) is 0.123. The molecule has 1 fully saturated rings. The third kappa shape index (κ3) is 8.95. The molecule has 1 aliphatic heterocycles. The van der Waals surface area contributed by atoms with Gasteiger partial charge in [-0.05, 0) is 30.7 Å². The molecule has 0 bridgehead atoms. The Balaban J connectivity index is 0.000000285. The lowest BCUT2D eigenvalue weighted by atomic mass is 10.2. The number of nitrogens with zero attached hydrogens (tertiary/aromatic N) is 7. The molecule has 14 nitrogen and oxygen atoms in total. The maximum atomic E-state index is 13.5. The molecule has 2 aromatic carbocycles. The molecule has 4 N–H and O–H groups in total. The maximum absolute atomic E-state index is 13.5. The van der Waals surface area contributed by atoms with Crippen LogP contribution < -0.4 is 20.5 Å². The molecule has 0 spiro atoms. The Bertz CT molecular complexity index is 1580. The van der Waals surface area contributed by atoms with Crippen molar-refractivity contribution in [1.29, 1.82) is 0 Å². The summed E-state index contributed by atoms with van der Waals surface area (Å²) in [4.78, 5) is 28.1. The third-order valence-corrected chi connectivity index (χ3v) is 6.55. The van der Waals surface area contributed by atoms with E-state index in [1.165, 1.54) is 29.8 Å². The number of carbonyl (C=O) groups excluding carboxylic acids is 1. The fourth-order valence-corrected chi connectivity index (χ4v) is 4.30. The van der Waals surface area contributed by atoms with Gasteiger partial charge in [0.05, 0.1) is 43.8 Å². The number of nitrogens with one attached hydrogen (secondary N) is 2. The number of fused-ring (bicyclic) bond motifs is 1. The van der Waals surface area contributed by atoms with Gasteiger partial charge in [-0.15, -0.1) is 5.11 Å². The fourth-order valence-electron chi connectivity index (χ4n) is 4.12. The summed E-state index contributed by atoms with van der Waals surface area (Å²) in [6.07, 6.45) is 3.69. The molecule has 0 unspecified atom stereocenters. The molecule has 4 aromatic rings. The number of imidazole rings is 1. The molecule has 0 saturated carbocycles. The predicted octanol–water partition coefficient (Wildman–Crippen LogP) is 4.34. The number of nitrogens with two attached hydrogens (primary N) is 1. The summed E-state index contributed by atoms with van der Waals surface area (Å²) in [5, 5.41) is 12.9. The van der Waals surface area contributed by atoms with Crippen LogP contribution >= 0.6 is 11.6 Å². The van der Waals surface area contributed by atoms with Gasteiger partial charge in [0.2, 0.25) is 0 Å². The van der Waals surface area contributed by atoms with Crippen LogP contribution in [0.2, 0.25) is 5.02 Å². The summed E-state index contributed by atoms with van der Waals surface area (Å²) in [5.41, 5.74) is 6.44. The van der Waals surface area contributed by atoms with Crippen LogP contribution in [0.15, 0.2) is 53.3 Å². The van der Waals surface area contributed by atoms with Crippen molar-refractivity contribution in [2.24, 2.45) is 16.1 Å². The molecule has 5 rings (SSSR count). The fraction of sp³-hybridized carbons (Fsp3) is 0.357. The summed E-state index contributed by atoms with van der Waals surface area (Å²) in [6, 6.07) is 8.09. The first-order valence-corrected chi connectivity index (χ1v) is 14.0. The Labute approximate surface area is 258 Å². The van der Waals surface area contributed by atoms with Crippen molar-refractivity contribution in [1.82, 2.24) is 29.8 Å². The highest BCUT2D eigenvalue weighted by molar-refractivity contribution is 6.31. The molecule has 44 heavy (non-hydrogen) atoms. The van der Waals surface area contributed by atoms with Crippen molar-refractivity contribution in [3.05, 3.63) is 59.5 Å². The van der Waals surface area contributed by atoms with Crippen LogP contribution in [-0.4, -0.2) is 96.4 Å². The molecule has 0 aliphatic carbocycles. The smallest absolute Gasteiger partial charge is 0.271 e. The topological polar surface area (TPSA) is 168 Å². The minimum absolute atomic E-state index is 0.0364. The molecular formula is C28H34ClFN10O4. The number of aromatic amines is 1. The Morgan fingerprint density at radius 1 is 1.20 bits per heavy atom. The van der Waals surface area contributed by atoms with Crippen LogP contribution in [0.4, 0.5) is 21.7 Å². The van der Waals surface area contributed by atoms with Crippen LogP contribution in [0.25, 0.3) is 10.9 Å². The lowest BCUT2D eigenvalue weighted by Gasteiger charge is -2.26. The monoisotopic (exact) mass is 628 g/mol. The predicted molar refractivity (Wildman–Crippen MR) is 163 cm³/mol. The van der Waals surface area contributed by atoms with Crippen LogP contribution in [0, 0.1) is 5.82 Å². The lowest BCUT2D eigenvalue weighted by Crippen LogP contribution is -2.37. The van der Waals surface area contributed by atoms with E-state index in [0.717, 1.165) is 44.7 Å². The number of methoxy groups -OCH3 is 1. The highest BCUT2D eigenvalue weighted by Gasteiger charge is 2.14. The van der Waals surface area contributed by atoms with E-state index >= 15 is 0 Å². The van der Waals surface area contributed by atoms with Gasteiger partial charge in [0.1, 0.15) is 18.0 Å². The second-order valence-corrected chi connectivity index (χ2v) is 10.1. The average Bonchev–Trinajstić information content (AvgIpc) is 3.50. The number of hydrogen-bond acceptors (Lipinski definition) is 11. The minimum Gasteiger partial charge on any atom is -0.493 e. The van der Waals surface area contributed by atoms with Crippen LogP contribution in [-0.2, 0) is 4.74 Å². The van der Waals surface area contributed by atoms with Crippen LogP contribution in [0.1, 0.15) is 16.9 Å². The van der Waals surface area contributed by atoms with Gasteiger partial charge in [-0.2, -0.15) is 0 Å². The zero-order chi connectivity index (χ0) is 31.5. The molecule has 1 aliphatic rings. The van der Waals surface area contributed by atoms with Crippen LogP contribution in [0.3, 0.4) is 0 Å². The first kappa shape index (κ1) is 32.3. The third-order valence-electron chi connectivity index (χ3n) is 6.26. The summed E-state index contributed by atoms with van der Waals surface area (Å²) in [7, 11) is 5.02. The number of benzene rings is 2. The Hall–Kier alpha value is -4.60. The minimum atomic E-state index is -0.631. The standard InChI is InChI=1S/C22H24ClFN4O3.C6H10N6O/c1-29-20-13-19-16(12-21(20)31-8-2-5-28-6-9-30-10-7-28)22(26-14-25-19)27-15-3-4-18(24)17(23)11-15;1-12(2)11-10-6-4(5(7)13)8-3-9-6/h3-4,11-14H,2,5-10H2,1H3,(H,25,26,27);3H,1-2H3,(H2,7,13)(H,8,9)/b;11-10+. The molecule has 1 saturated heterocycles. The van der Waals surface area contributed by atoms with E-state index < -0.39 is 11.7 Å². The van der Waals surface area contributed by atoms with E-state index in [1.807, 2.05) is 12.1 Å². The normalized spacial score (nSPS) is 13.4. The van der Waals surface area contributed by atoms with E-state index in [-0.39, 0.29) is 16.5 Å². The molecule has 0 atom stereocenters. The van der Waals surface area contributed by atoms with E-state index in [4.69, 9.17) is 31.5 Å². The molecule has 234 valence electrons. The molecular weight excluding hydrogens is 595 g/mol. The van der Waals surface area contributed by atoms with Gasteiger partial charge < -0.3 is 30.2 Å². The van der Waals surface area contributed by atoms with Gasteiger partial charge in [-0.3, -0.25) is 14.7 Å². The number of halogens is 2. The summed E-state index contributed by atoms with van der Waals surface area (Å²) < 4.78 is 30.4. The van der Waals surface area contributed by atoms with E-state index in [1.54, 1.807) is 27.3 Å². The van der Waals surface area contributed by atoms with Crippen molar-refractivity contribution in [3.8, 4) is 11.5 Å². The summed E-state index contributed by atoms with van der Waals surface area (Å²) in [5.74, 6) is 0.946. The van der Waals surface area contributed by atoms with Gasteiger partial charge in [-0.25, -0.2) is 19.3 Å². The number of amides is 1. The van der Waals surface area contributed by atoms with Crippen molar-refractivity contribution in [3.63, 3.8) is 0 Å². The van der Waals surface area contributed by atoms with Crippen molar-refractivity contribution >= 4 is 45.7 Å². The second-order valence-electron chi connectivity index (χ2n) is 9.65. The number of H-pyrrole nitrogens is 1. The number of rotatable bonds is 11. The maximum Gasteiger partial charge on any atom is 0.271 e. The Morgan fingerprint density at radius 2 is 2.00 bits per heavy atom. The summed E-state index contributed by atoms with van der Waals surface area (Å²) >= 11 is 5.90. The van der Waals surface area contributed by atoms with Gasteiger partial charge in [0.15, 0.2) is 23.0 Å². The zero-order valence-electron chi connectivity index (χ0n) is 24.6. The Morgan fingerprint density at radius 3 is 2.70 bits per heavy atom. The molecule has 2 aromatic heterocycles. The average molecular weight is 629 g/mol. The number of hydrogen-bond donors (Lipinski definition) is 3.